The van der Waals surface area contributed by atoms with E-state index >= 15 is 0 Å². The van der Waals surface area contributed by atoms with Crippen molar-refractivity contribution in [3.05, 3.63) is 45.5 Å². The number of rotatable bonds is 4. The largest absolute Gasteiger partial charge is 0.484 e. The van der Waals surface area contributed by atoms with Crippen molar-refractivity contribution in [1.82, 2.24) is 4.90 Å². The van der Waals surface area contributed by atoms with E-state index in [4.69, 9.17) is 4.74 Å². The van der Waals surface area contributed by atoms with Crippen molar-refractivity contribution in [2.45, 2.75) is 59.6 Å². The Bertz CT molecular complexity index is 779. The molecule has 27 heavy (non-hydrogen) atoms. The third-order valence-electron chi connectivity index (χ3n) is 4.95. The van der Waals surface area contributed by atoms with Crippen LogP contribution in [0.15, 0.2) is 24.3 Å². The number of carboxylic acid groups (broad SMARTS) is 1. The highest BCUT2D eigenvalue weighted by molar-refractivity contribution is 5.69. The lowest BCUT2D eigenvalue weighted by atomic mass is 9.65. The van der Waals surface area contributed by atoms with Crippen LogP contribution in [0, 0.1) is 22.5 Å². The topological polar surface area (TPSA) is 92.9 Å². The molecule has 1 unspecified atom stereocenters. The van der Waals surface area contributed by atoms with Gasteiger partial charge in [0.1, 0.15) is 0 Å². The van der Waals surface area contributed by atoms with Crippen molar-refractivity contribution < 1.29 is 19.6 Å². The summed E-state index contributed by atoms with van der Waals surface area (Å²) in [5.74, 6) is 0.156. The zero-order valence-corrected chi connectivity index (χ0v) is 16.8. The predicted molar refractivity (Wildman–Crippen MR) is 103 cm³/mol. The van der Waals surface area contributed by atoms with Crippen LogP contribution in [0.3, 0.4) is 0 Å². The van der Waals surface area contributed by atoms with E-state index in [1.54, 1.807) is 26.8 Å². The van der Waals surface area contributed by atoms with E-state index in [1.165, 1.54) is 11.0 Å². The number of hydrogen-bond donors (Lipinski definition) is 1. The fraction of sp³-hybridized carbons (Fsp3) is 0.550. The second kappa shape index (κ2) is 7.21. The molecule has 1 heterocycles. The van der Waals surface area contributed by atoms with Crippen LogP contribution in [0.25, 0.3) is 0 Å². The average molecular weight is 376 g/mol. The number of benzene rings is 1. The first-order valence-corrected chi connectivity index (χ1v) is 9.06. The van der Waals surface area contributed by atoms with Crippen LogP contribution in [0.1, 0.15) is 52.2 Å². The smallest absolute Gasteiger partial charge is 0.408 e. The van der Waals surface area contributed by atoms with Crippen LogP contribution in [0.5, 0.6) is 5.75 Å². The molecule has 1 N–H and O–H groups in total. The molecule has 1 aromatic rings. The molecule has 1 aliphatic rings. The number of carbonyl (C=O) groups is 1. The van der Waals surface area contributed by atoms with Gasteiger partial charge < -0.3 is 9.84 Å². The normalized spacial score (nSPS) is 20.0. The Balaban J connectivity index is 2.84. The highest BCUT2D eigenvalue weighted by Crippen LogP contribution is 2.50. The van der Waals surface area contributed by atoms with E-state index in [0.29, 0.717) is 24.1 Å². The van der Waals surface area contributed by atoms with Crippen molar-refractivity contribution in [2.24, 2.45) is 5.41 Å². The molecule has 0 aromatic heterocycles. The zero-order valence-electron chi connectivity index (χ0n) is 16.8. The molecule has 0 fully saturated rings. The molecule has 1 atom stereocenters. The number of hydrogen-bond acceptors (Lipinski definition) is 4. The van der Waals surface area contributed by atoms with Crippen molar-refractivity contribution in [1.29, 1.82) is 0 Å². The first-order chi connectivity index (χ1) is 12.4. The number of amides is 1. The summed E-state index contributed by atoms with van der Waals surface area (Å²) in [4.78, 5) is 24.6. The minimum Gasteiger partial charge on any atom is -0.484 e. The molecule has 7 heteroatoms. The summed E-state index contributed by atoms with van der Waals surface area (Å²) in [6.45, 7) is 11.7. The lowest BCUT2D eigenvalue weighted by molar-refractivity contribution is -0.386. The second-order valence-corrected chi connectivity index (χ2v) is 8.20. The summed E-state index contributed by atoms with van der Waals surface area (Å²) in [5.41, 5.74) is -0.195. The van der Waals surface area contributed by atoms with Gasteiger partial charge in [0.05, 0.1) is 16.6 Å². The maximum absolute atomic E-state index is 12.1. The van der Waals surface area contributed by atoms with E-state index in [1.807, 2.05) is 32.9 Å². The highest BCUT2D eigenvalue weighted by Gasteiger charge is 2.50. The molecule has 0 spiro atoms. The molecule has 2 rings (SSSR count). The van der Waals surface area contributed by atoms with Gasteiger partial charge in [-0.2, -0.15) is 0 Å². The fourth-order valence-electron chi connectivity index (χ4n) is 3.84. The monoisotopic (exact) mass is 376 g/mol. The van der Waals surface area contributed by atoms with Crippen LogP contribution in [0.4, 0.5) is 10.5 Å². The number of nitro benzene ring substituents is 1. The first-order valence-electron chi connectivity index (χ1n) is 9.06. The third-order valence-corrected chi connectivity index (χ3v) is 4.95. The summed E-state index contributed by atoms with van der Waals surface area (Å²) in [7, 11) is 0. The van der Waals surface area contributed by atoms with Gasteiger partial charge in [0.25, 0.3) is 0 Å². The Hall–Kier alpha value is -2.57. The first kappa shape index (κ1) is 20.7. The minimum atomic E-state index is -1.02. The van der Waals surface area contributed by atoms with Crippen molar-refractivity contribution in [3.8, 4) is 5.75 Å². The van der Waals surface area contributed by atoms with Crippen molar-refractivity contribution >= 4 is 11.8 Å². The van der Waals surface area contributed by atoms with Crippen LogP contribution in [0.2, 0.25) is 0 Å². The molecule has 148 valence electrons. The summed E-state index contributed by atoms with van der Waals surface area (Å²) in [6, 6.07) is 3.12. The number of ether oxygens (including phenoxy) is 1. The lowest BCUT2D eigenvalue weighted by Gasteiger charge is -2.52. The Kier molecular flexibility index (Phi) is 5.54. The SMILES string of the molecule is Cc1cc([N+](=O)[O-])c(OC(C)C)cc1C1(C(C)(C)C)C=CCCN1C(=O)O. The van der Waals surface area contributed by atoms with Gasteiger partial charge in [-0.05, 0) is 49.8 Å². The summed E-state index contributed by atoms with van der Waals surface area (Å²) in [6.07, 6.45) is 3.26. The maximum atomic E-state index is 12.1. The van der Waals surface area contributed by atoms with Crippen LogP contribution >= 0.6 is 0 Å². The second-order valence-electron chi connectivity index (χ2n) is 8.20. The Morgan fingerprint density at radius 1 is 1.37 bits per heavy atom. The quantitative estimate of drug-likeness (QED) is 0.460. The average Bonchev–Trinajstić information content (AvgIpc) is 2.54. The molecule has 1 aromatic carbocycles. The summed E-state index contributed by atoms with van der Waals surface area (Å²) in [5, 5.41) is 21.4. The third kappa shape index (κ3) is 3.63. The van der Waals surface area contributed by atoms with E-state index < -0.39 is 22.0 Å². The summed E-state index contributed by atoms with van der Waals surface area (Å²) >= 11 is 0. The van der Waals surface area contributed by atoms with Crippen LogP contribution in [-0.4, -0.2) is 33.7 Å². The van der Waals surface area contributed by atoms with Gasteiger partial charge in [-0.1, -0.05) is 32.9 Å². The Labute approximate surface area is 159 Å². The van der Waals surface area contributed by atoms with Gasteiger partial charge in [-0.25, -0.2) is 4.79 Å². The molecular weight excluding hydrogens is 348 g/mol. The molecular formula is C20H28N2O5. The number of nitrogens with zero attached hydrogens (tertiary/aromatic N) is 2. The van der Waals surface area contributed by atoms with Crippen molar-refractivity contribution in [3.63, 3.8) is 0 Å². The standard InChI is InChI=1S/C20H28N2O5/c1-13(2)27-17-12-15(14(3)11-16(17)22(25)26)20(19(4,5)6)9-7-8-10-21(20)18(23)24/h7,9,11-13H,8,10H2,1-6H3,(H,23,24). The van der Waals surface area contributed by atoms with Gasteiger partial charge >= 0.3 is 11.8 Å². The number of aryl methyl sites for hydroxylation is 1. The van der Waals surface area contributed by atoms with E-state index in [-0.39, 0.29) is 17.5 Å². The molecule has 7 nitrogen and oxygen atoms in total. The molecule has 0 saturated heterocycles. The fourth-order valence-corrected chi connectivity index (χ4v) is 3.84. The minimum absolute atomic E-state index is 0.115. The highest BCUT2D eigenvalue weighted by atomic mass is 16.6. The van der Waals surface area contributed by atoms with Gasteiger partial charge in [-0.3, -0.25) is 15.0 Å². The number of nitro groups is 1. The Morgan fingerprint density at radius 3 is 2.48 bits per heavy atom. The molecule has 0 saturated carbocycles. The zero-order chi connectivity index (χ0) is 20.6. The predicted octanol–water partition coefficient (Wildman–Crippen LogP) is 4.87. The van der Waals surface area contributed by atoms with E-state index in [2.05, 4.69) is 0 Å². The van der Waals surface area contributed by atoms with Gasteiger partial charge in [0.2, 0.25) is 0 Å². The Morgan fingerprint density at radius 2 is 2.00 bits per heavy atom. The molecule has 0 bridgehead atoms. The molecule has 1 aliphatic heterocycles. The molecule has 1 amide bonds. The van der Waals surface area contributed by atoms with Gasteiger partial charge in [-0.15, -0.1) is 0 Å². The molecule has 0 radical (unpaired) electrons. The van der Waals surface area contributed by atoms with Gasteiger partial charge in [0, 0.05) is 12.6 Å². The van der Waals surface area contributed by atoms with Gasteiger partial charge in [0.15, 0.2) is 5.75 Å². The van der Waals surface area contributed by atoms with Crippen LogP contribution in [-0.2, 0) is 5.54 Å². The summed E-state index contributed by atoms with van der Waals surface area (Å²) < 4.78 is 5.71. The maximum Gasteiger partial charge on any atom is 0.408 e. The van der Waals surface area contributed by atoms with E-state index in [9.17, 15) is 20.0 Å². The lowest BCUT2D eigenvalue weighted by Crippen LogP contribution is -2.57. The van der Waals surface area contributed by atoms with Crippen molar-refractivity contribution in [2.75, 3.05) is 6.54 Å². The van der Waals surface area contributed by atoms with Crippen LogP contribution < -0.4 is 4.74 Å². The van der Waals surface area contributed by atoms with E-state index in [0.717, 1.165) is 0 Å². The molecule has 0 aliphatic carbocycles.